The van der Waals surface area contributed by atoms with Gasteiger partial charge in [0, 0.05) is 11.5 Å². The van der Waals surface area contributed by atoms with Crippen molar-refractivity contribution in [2.24, 2.45) is 5.41 Å². The fraction of sp³-hybridized carbons (Fsp3) is 0.409. The van der Waals surface area contributed by atoms with E-state index in [1.165, 1.54) is 16.7 Å². The zero-order valence-corrected chi connectivity index (χ0v) is 15.3. The molecule has 1 atom stereocenters. The van der Waals surface area contributed by atoms with E-state index in [1.807, 2.05) is 26.0 Å². The first-order valence-electron chi connectivity index (χ1n) is 9.13. The second kappa shape index (κ2) is 7.30. The third-order valence-corrected chi connectivity index (χ3v) is 4.92. The molecule has 0 aromatic heterocycles. The molecule has 2 aromatic rings. The zero-order valence-electron chi connectivity index (χ0n) is 15.3. The summed E-state index contributed by atoms with van der Waals surface area (Å²) in [7, 11) is 0. The first-order chi connectivity index (χ1) is 12.0. The lowest BCUT2D eigenvalue weighted by molar-refractivity contribution is -0.126. The van der Waals surface area contributed by atoms with Crippen LogP contribution in [0.3, 0.4) is 0 Å². The number of carbonyl (C=O) groups is 1. The van der Waals surface area contributed by atoms with Gasteiger partial charge in [-0.05, 0) is 61.9 Å². The van der Waals surface area contributed by atoms with Crippen LogP contribution in [0.2, 0.25) is 0 Å². The standard InChI is InChI=1S/C22H27NO2/c1-4-25-20-11-9-19(10-12-20)18-7-5-17(6-8-18)15-16(2)23-21(24)22(3)13-14-22/h5-12,16H,4,13-15H2,1-3H3,(H,23,24). The summed E-state index contributed by atoms with van der Waals surface area (Å²) >= 11 is 0. The molecular formula is C22H27NO2. The van der Waals surface area contributed by atoms with E-state index in [1.54, 1.807) is 0 Å². The number of carbonyl (C=O) groups excluding carboxylic acids is 1. The fourth-order valence-corrected chi connectivity index (χ4v) is 2.96. The fourth-order valence-electron chi connectivity index (χ4n) is 2.96. The van der Waals surface area contributed by atoms with Gasteiger partial charge in [-0.25, -0.2) is 0 Å². The molecule has 3 rings (SSSR count). The molecule has 1 saturated carbocycles. The first-order valence-corrected chi connectivity index (χ1v) is 9.13. The topological polar surface area (TPSA) is 38.3 Å². The van der Waals surface area contributed by atoms with Crippen molar-refractivity contribution in [1.82, 2.24) is 5.32 Å². The number of hydrogen-bond acceptors (Lipinski definition) is 2. The Morgan fingerprint density at radius 1 is 1.08 bits per heavy atom. The molecule has 0 bridgehead atoms. The van der Waals surface area contributed by atoms with E-state index in [2.05, 4.69) is 48.6 Å². The Morgan fingerprint density at radius 2 is 1.64 bits per heavy atom. The number of rotatable bonds is 7. The zero-order chi connectivity index (χ0) is 17.9. The molecule has 25 heavy (non-hydrogen) atoms. The Kier molecular flexibility index (Phi) is 5.12. The highest BCUT2D eigenvalue weighted by molar-refractivity contribution is 5.85. The molecule has 132 valence electrons. The van der Waals surface area contributed by atoms with Crippen LogP contribution >= 0.6 is 0 Å². The minimum absolute atomic E-state index is 0.105. The maximum absolute atomic E-state index is 12.1. The molecule has 1 amide bonds. The van der Waals surface area contributed by atoms with Gasteiger partial charge >= 0.3 is 0 Å². The van der Waals surface area contributed by atoms with E-state index in [-0.39, 0.29) is 17.4 Å². The largest absolute Gasteiger partial charge is 0.494 e. The summed E-state index contributed by atoms with van der Waals surface area (Å²) in [5.74, 6) is 1.10. The molecule has 3 nitrogen and oxygen atoms in total. The van der Waals surface area contributed by atoms with Gasteiger partial charge in [-0.2, -0.15) is 0 Å². The molecule has 0 spiro atoms. The lowest BCUT2D eigenvalue weighted by Crippen LogP contribution is -2.38. The van der Waals surface area contributed by atoms with Crippen LogP contribution in [0.4, 0.5) is 0 Å². The number of benzene rings is 2. The Balaban J connectivity index is 1.58. The Hall–Kier alpha value is -2.29. The molecule has 0 radical (unpaired) electrons. The van der Waals surface area contributed by atoms with E-state index in [4.69, 9.17) is 4.74 Å². The van der Waals surface area contributed by atoms with E-state index >= 15 is 0 Å². The number of hydrogen-bond donors (Lipinski definition) is 1. The third kappa shape index (κ3) is 4.41. The summed E-state index contributed by atoms with van der Waals surface area (Å²) in [6.45, 7) is 6.79. The molecule has 1 N–H and O–H groups in total. The van der Waals surface area contributed by atoms with Crippen LogP contribution in [-0.4, -0.2) is 18.6 Å². The quantitative estimate of drug-likeness (QED) is 0.802. The molecule has 1 unspecified atom stereocenters. The molecule has 0 heterocycles. The van der Waals surface area contributed by atoms with Crippen molar-refractivity contribution in [1.29, 1.82) is 0 Å². The van der Waals surface area contributed by atoms with Crippen LogP contribution in [0.5, 0.6) is 5.75 Å². The van der Waals surface area contributed by atoms with E-state index in [0.717, 1.165) is 25.0 Å². The highest BCUT2D eigenvalue weighted by Gasteiger charge is 2.45. The summed E-state index contributed by atoms with van der Waals surface area (Å²) in [6, 6.07) is 16.9. The van der Waals surface area contributed by atoms with Gasteiger partial charge in [-0.1, -0.05) is 43.3 Å². The molecular weight excluding hydrogens is 310 g/mol. The summed E-state index contributed by atoms with van der Waals surface area (Å²) in [5, 5.41) is 3.14. The Bertz CT molecular complexity index is 715. The molecule has 1 fully saturated rings. The van der Waals surface area contributed by atoms with Crippen molar-refractivity contribution < 1.29 is 9.53 Å². The third-order valence-electron chi connectivity index (χ3n) is 4.92. The van der Waals surface area contributed by atoms with Crippen molar-refractivity contribution >= 4 is 5.91 Å². The predicted octanol–water partition coefficient (Wildman–Crippen LogP) is 4.60. The summed E-state index contributed by atoms with van der Waals surface area (Å²) < 4.78 is 5.49. The highest BCUT2D eigenvalue weighted by Crippen LogP contribution is 2.45. The van der Waals surface area contributed by atoms with Gasteiger partial charge in [-0.15, -0.1) is 0 Å². The number of nitrogens with one attached hydrogen (secondary N) is 1. The second-order valence-electron chi connectivity index (χ2n) is 7.29. The van der Waals surface area contributed by atoms with Crippen LogP contribution in [0.1, 0.15) is 39.2 Å². The first kappa shape index (κ1) is 17.5. The predicted molar refractivity (Wildman–Crippen MR) is 102 cm³/mol. The van der Waals surface area contributed by atoms with Crippen LogP contribution in [-0.2, 0) is 11.2 Å². The van der Waals surface area contributed by atoms with Gasteiger partial charge in [0.15, 0.2) is 0 Å². The summed E-state index contributed by atoms with van der Waals surface area (Å²) in [4.78, 5) is 12.1. The highest BCUT2D eigenvalue weighted by atomic mass is 16.5. The average molecular weight is 337 g/mol. The Labute approximate surface area is 150 Å². The molecule has 3 heteroatoms. The van der Waals surface area contributed by atoms with Gasteiger partial charge in [0.2, 0.25) is 5.91 Å². The van der Waals surface area contributed by atoms with Gasteiger partial charge in [0.05, 0.1) is 6.61 Å². The van der Waals surface area contributed by atoms with Crippen molar-refractivity contribution in [3.8, 4) is 16.9 Å². The van der Waals surface area contributed by atoms with E-state index in [9.17, 15) is 4.79 Å². The van der Waals surface area contributed by atoms with Crippen LogP contribution < -0.4 is 10.1 Å². The molecule has 2 aromatic carbocycles. The van der Waals surface area contributed by atoms with Gasteiger partial charge in [0.1, 0.15) is 5.75 Å². The smallest absolute Gasteiger partial charge is 0.226 e. The van der Waals surface area contributed by atoms with Crippen LogP contribution in [0, 0.1) is 5.41 Å². The average Bonchev–Trinajstić information content (AvgIpc) is 3.36. The summed E-state index contributed by atoms with van der Waals surface area (Å²) in [5.41, 5.74) is 3.50. The lowest BCUT2D eigenvalue weighted by atomic mass is 10.0. The normalized spacial score (nSPS) is 16.1. The lowest BCUT2D eigenvalue weighted by Gasteiger charge is -2.17. The van der Waals surface area contributed by atoms with Gasteiger partial charge in [0.25, 0.3) is 0 Å². The van der Waals surface area contributed by atoms with Crippen LogP contribution in [0.25, 0.3) is 11.1 Å². The second-order valence-corrected chi connectivity index (χ2v) is 7.29. The maximum Gasteiger partial charge on any atom is 0.226 e. The molecule has 0 saturated heterocycles. The van der Waals surface area contributed by atoms with Crippen LogP contribution in [0.15, 0.2) is 48.5 Å². The monoisotopic (exact) mass is 337 g/mol. The SMILES string of the molecule is CCOc1ccc(-c2ccc(CC(C)NC(=O)C3(C)CC3)cc2)cc1. The Morgan fingerprint density at radius 3 is 2.16 bits per heavy atom. The van der Waals surface area contributed by atoms with Crippen molar-refractivity contribution in [2.75, 3.05) is 6.61 Å². The van der Waals surface area contributed by atoms with Crippen molar-refractivity contribution in [3.63, 3.8) is 0 Å². The minimum atomic E-state index is -0.105. The van der Waals surface area contributed by atoms with Gasteiger partial charge < -0.3 is 10.1 Å². The maximum atomic E-state index is 12.1. The van der Waals surface area contributed by atoms with Crippen molar-refractivity contribution in [2.45, 2.75) is 46.1 Å². The molecule has 0 aliphatic heterocycles. The van der Waals surface area contributed by atoms with Crippen molar-refractivity contribution in [3.05, 3.63) is 54.1 Å². The number of amides is 1. The molecule has 1 aliphatic rings. The van der Waals surface area contributed by atoms with E-state index < -0.39 is 0 Å². The molecule has 1 aliphatic carbocycles. The van der Waals surface area contributed by atoms with Gasteiger partial charge in [-0.3, -0.25) is 4.79 Å². The number of ether oxygens (including phenoxy) is 1. The summed E-state index contributed by atoms with van der Waals surface area (Å²) in [6.07, 6.45) is 2.88. The minimum Gasteiger partial charge on any atom is -0.494 e. The van der Waals surface area contributed by atoms with E-state index in [0.29, 0.717) is 6.61 Å².